The van der Waals surface area contributed by atoms with E-state index in [0.717, 1.165) is 62.3 Å². The second kappa shape index (κ2) is 13.6. The molecule has 0 atom stereocenters. The maximum Gasteiger partial charge on any atom is 0.328 e. The van der Waals surface area contributed by atoms with Crippen molar-refractivity contribution < 1.29 is 23.8 Å². The first-order valence-electron chi connectivity index (χ1n) is 15.6. The fraction of sp³-hybridized carbons (Fsp3) is 0.371. The molecule has 11 nitrogen and oxygen atoms in total. The minimum absolute atomic E-state index is 0.0247. The number of imidazole rings is 1. The Hall–Kier alpha value is -5.33. The zero-order valence-electron chi connectivity index (χ0n) is 26.0. The summed E-state index contributed by atoms with van der Waals surface area (Å²) in [6.07, 6.45) is 5.14. The highest BCUT2D eigenvalue weighted by molar-refractivity contribution is 5.89. The first kappa shape index (κ1) is 31.6. The Bertz CT molecular complexity index is 1910. The highest BCUT2D eigenvalue weighted by Gasteiger charge is 2.43. The van der Waals surface area contributed by atoms with Crippen LogP contribution in [-0.2, 0) is 24.5 Å². The van der Waals surface area contributed by atoms with Crippen molar-refractivity contribution in [2.45, 2.75) is 64.8 Å². The number of allylic oxidation sites excluding steroid dienone is 1. The number of benzene rings is 1. The average molecular weight is 636 g/mol. The standard InChI is InChI=1S/C35H34FN7O4/c1-23(17-33(44)45)28-6-7-29-34(41-28)43(22-35(11-12-35)13-14-37)31(40-29)20-42-15-9-26(10-16-42)47-32-4-2-3-25(39-32)21-46-30-8-5-24(19-38)18-27(30)36/h2-8,17-18,26H,9-13,15-16,20-22H2,1H3,(H,44,45)/b23-17+. The lowest BCUT2D eigenvalue weighted by Gasteiger charge is -2.31. The van der Waals surface area contributed by atoms with Gasteiger partial charge in [0.15, 0.2) is 17.2 Å². The molecule has 1 saturated carbocycles. The number of carbonyl (C=O) groups is 1. The van der Waals surface area contributed by atoms with Crippen LogP contribution >= 0.6 is 0 Å². The number of hydrogen-bond donors (Lipinski definition) is 1. The second-order valence-corrected chi connectivity index (χ2v) is 12.3. The van der Waals surface area contributed by atoms with Crippen LogP contribution in [0.15, 0.2) is 54.6 Å². The number of piperidine rings is 1. The van der Waals surface area contributed by atoms with Gasteiger partial charge in [-0.05, 0) is 74.6 Å². The van der Waals surface area contributed by atoms with Crippen molar-refractivity contribution in [3.05, 3.63) is 83.2 Å². The number of hydrogen-bond acceptors (Lipinski definition) is 9. The van der Waals surface area contributed by atoms with Gasteiger partial charge in [-0.2, -0.15) is 10.5 Å². The largest absolute Gasteiger partial charge is 0.484 e. The van der Waals surface area contributed by atoms with Gasteiger partial charge in [-0.15, -0.1) is 0 Å². The smallest absolute Gasteiger partial charge is 0.328 e. The first-order chi connectivity index (χ1) is 22.7. The van der Waals surface area contributed by atoms with E-state index in [1.54, 1.807) is 25.1 Å². The van der Waals surface area contributed by atoms with E-state index >= 15 is 0 Å². The predicted molar refractivity (Wildman–Crippen MR) is 169 cm³/mol. The highest BCUT2D eigenvalue weighted by Crippen LogP contribution is 2.50. The number of halogens is 1. The van der Waals surface area contributed by atoms with Gasteiger partial charge in [-0.25, -0.2) is 24.1 Å². The molecule has 2 fully saturated rings. The molecule has 3 aromatic heterocycles. The Balaban J connectivity index is 1.10. The zero-order chi connectivity index (χ0) is 33.0. The number of fused-ring (bicyclic) bond motifs is 1. The van der Waals surface area contributed by atoms with Crippen LogP contribution in [0.4, 0.5) is 4.39 Å². The Morgan fingerprint density at radius 3 is 2.64 bits per heavy atom. The van der Waals surface area contributed by atoms with Gasteiger partial charge in [0.1, 0.15) is 24.1 Å². The predicted octanol–water partition coefficient (Wildman–Crippen LogP) is 5.64. The minimum Gasteiger partial charge on any atom is -0.484 e. The molecule has 1 aliphatic heterocycles. The van der Waals surface area contributed by atoms with E-state index in [4.69, 9.17) is 24.7 Å². The third-order valence-electron chi connectivity index (χ3n) is 8.72. The van der Waals surface area contributed by atoms with Crippen LogP contribution in [0.25, 0.3) is 16.7 Å². The summed E-state index contributed by atoms with van der Waals surface area (Å²) in [5.41, 5.74) is 3.33. The molecule has 47 heavy (non-hydrogen) atoms. The van der Waals surface area contributed by atoms with Crippen molar-refractivity contribution in [1.29, 1.82) is 10.5 Å². The monoisotopic (exact) mass is 635 g/mol. The van der Waals surface area contributed by atoms with Crippen molar-refractivity contribution in [3.63, 3.8) is 0 Å². The molecular formula is C35H34FN7O4. The quantitative estimate of drug-likeness (QED) is 0.194. The van der Waals surface area contributed by atoms with Crippen LogP contribution in [0.1, 0.15) is 61.8 Å². The van der Waals surface area contributed by atoms with E-state index in [-0.39, 0.29) is 29.4 Å². The number of rotatable bonds is 12. The Morgan fingerprint density at radius 2 is 1.94 bits per heavy atom. The summed E-state index contributed by atoms with van der Waals surface area (Å²) in [7, 11) is 0. The molecule has 1 aliphatic carbocycles. The van der Waals surface area contributed by atoms with E-state index in [1.807, 2.05) is 18.2 Å². The lowest BCUT2D eigenvalue weighted by atomic mass is 10.0. The fourth-order valence-corrected chi connectivity index (χ4v) is 5.88. The summed E-state index contributed by atoms with van der Waals surface area (Å²) in [5.74, 6) is -0.214. The van der Waals surface area contributed by atoms with Gasteiger partial charge in [0.25, 0.3) is 0 Å². The summed E-state index contributed by atoms with van der Waals surface area (Å²) >= 11 is 0. The normalized spacial score (nSPS) is 16.4. The number of nitriles is 2. The summed E-state index contributed by atoms with van der Waals surface area (Å²) in [6.45, 7) is 4.62. The van der Waals surface area contributed by atoms with E-state index in [1.165, 1.54) is 12.1 Å². The summed E-state index contributed by atoms with van der Waals surface area (Å²) in [5, 5.41) is 27.6. The van der Waals surface area contributed by atoms with Crippen molar-refractivity contribution in [2.75, 3.05) is 13.1 Å². The zero-order valence-corrected chi connectivity index (χ0v) is 26.0. The van der Waals surface area contributed by atoms with Gasteiger partial charge >= 0.3 is 5.97 Å². The van der Waals surface area contributed by atoms with Gasteiger partial charge in [0.05, 0.1) is 35.6 Å². The van der Waals surface area contributed by atoms with Gasteiger partial charge in [-0.1, -0.05) is 6.07 Å². The van der Waals surface area contributed by atoms with Gasteiger partial charge in [0.2, 0.25) is 5.88 Å². The molecule has 240 valence electrons. The number of carboxylic acids is 1. The molecule has 6 rings (SSSR count). The summed E-state index contributed by atoms with van der Waals surface area (Å²) < 4.78 is 28.1. The van der Waals surface area contributed by atoms with Gasteiger partial charge < -0.3 is 19.1 Å². The van der Waals surface area contributed by atoms with E-state index in [9.17, 15) is 19.6 Å². The van der Waals surface area contributed by atoms with E-state index < -0.39 is 11.8 Å². The molecule has 1 aromatic carbocycles. The Morgan fingerprint density at radius 1 is 1.13 bits per heavy atom. The Kier molecular flexibility index (Phi) is 9.14. The lowest BCUT2D eigenvalue weighted by molar-refractivity contribution is -0.131. The number of aromatic nitrogens is 4. The third-order valence-corrected chi connectivity index (χ3v) is 8.72. The molecule has 0 amide bonds. The lowest BCUT2D eigenvalue weighted by Crippen LogP contribution is -2.38. The number of nitrogens with zero attached hydrogens (tertiary/aromatic N) is 7. The number of pyridine rings is 2. The van der Waals surface area contributed by atoms with Crippen molar-refractivity contribution in [2.24, 2.45) is 5.41 Å². The molecule has 0 radical (unpaired) electrons. The SMILES string of the molecule is C/C(=C\C(=O)O)c1ccc2nc(CN3CCC(Oc4cccc(COc5ccc(C#N)cc5F)n4)CC3)n(CC3(CC#N)CC3)c2n1. The number of ether oxygens (including phenoxy) is 2. The topological polar surface area (TPSA) is 150 Å². The number of carboxylic acid groups (broad SMARTS) is 1. The average Bonchev–Trinajstić information content (AvgIpc) is 3.74. The second-order valence-electron chi connectivity index (χ2n) is 12.3. The highest BCUT2D eigenvalue weighted by atomic mass is 19.1. The van der Waals surface area contributed by atoms with Crippen LogP contribution in [0.2, 0.25) is 0 Å². The molecule has 0 spiro atoms. The maximum absolute atomic E-state index is 14.2. The van der Waals surface area contributed by atoms with E-state index in [2.05, 4.69) is 20.5 Å². The van der Waals surface area contributed by atoms with Gasteiger partial charge in [-0.3, -0.25) is 4.90 Å². The maximum atomic E-state index is 14.2. The molecule has 12 heteroatoms. The minimum atomic E-state index is -1.02. The Labute approximate surface area is 271 Å². The van der Waals surface area contributed by atoms with Crippen LogP contribution in [0, 0.1) is 33.9 Å². The molecule has 4 aromatic rings. The molecule has 4 heterocycles. The van der Waals surface area contributed by atoms with Crippen molar-refractivity contribution >= 4 is 22.7 Å². The third kappa shape index (κ3) is 7.56. The number of aliphatic carboxylic acids is 1. The first-order valence-corrected chi connectivity index (χ1v) is 15.6. The van der Waals surface area contributed by atoms with E-state index in [0.29, 0.717) is 48.0 Å². The van der Waals surface area contributed by atoms with Crippen LogP contribution in [-0.4, -0.2) is 54.7 Å². The number of likely N-dealkylation sites (tertiary alicyclic amines) is 1. The molecular weight excluding hydrogens is 601 g/mol. The van der Waals surface area contributed by atoms with Crippen LogP contribution < -0.4 is 9.47 Å². The molecule has 1 N–H and O–H groups in total. The van der Waals surface area contributed by atoms with Crippen LogP contribution in [0.5, 0.6) is 11.6 Å². The van der Waals surface area contributed by atoms with Gasteiger partial charge in [0, 0.05) is 43.6 Å². The molecule has 1 saturated heterocycles. The van der Waals surface area contributed by atoms with Crippen LogP contribution in [0.3, 0.4) is 0 Å². The van der Waals surface area contributed by atoms with Crippen molar-refractivity contribution in [1.82, 2.24) is 24.4 Å². The molecule has 0 unspecified atom stereocenters. The summed E-state index contributed by atoms with van der Waals surface area (Å²) in [4.78, 5) is 27.9. The molecule has 0 bridgehead atoms. The fourth-order valence-electron chi connectivity index (χ4n) is 5.88. The molecule has 2 aliphatic rings. The van der Waals surface area contributed by atoms with Crippen molar-refractivity contribution in [3.8, 4) is 23.8 Å². The summed E-state index contributed by atoms with van der Waals surface area (Å²) in [6, 6.07) is 17.4.